The lowest BCUT2D eigenvalue weighted by atomic mass is 9.69. The maximum Gasteiger partial charge on any atom is 0.138 e. The normalized spacial score (nSPS) is 22.5. The van der Waals surface area contributed by atoms with Gasteiger partial charge in [-0.05, 0) is 101 Å². The fraction of sp³-hybridized carbons (Fsp3) is 0.156. The van der Waals surface area contributed by atoms with Crippen LogP contribution in [0.25, 0.3) is 54.8 Å². The molecule has 1 aliphatic carbocycles. The molecular formula is C45H34N4. The third-order valence-corrected chi connectivity index (χ3v) is 12.1. The van der Waals surface area contributed by atoms with Crippen LogP contribution in [0.15, 0.2) is 139 Å². The summed E-state index contributed by atoms with van der Waals surface area (Å²) in [6.45, 7) is 7.06. The first-order chi connectivity index (χ1) is 24.0. The van der Waals surface area contributed by atoms with Crippen molar-refractivity contribution in [2.75, 3.05) is 0 Å². The minimum absolute atomic E-state index is 0.175. The molecule has 8 aromatic rings. The Morgan fingerprint density at radius 3 is 2.04 bits per heavy atom. The maximum atomic E-state index is 5.44. The fourth-order valence-electron chi connectivity index (χ4n) is 9.83. The number of para-hydroxylation sites is 2. The van der Waals surface area contributed by atoms with Gasteiger partial charge in [0.25, 0.3) is 0 Å². The van der Waals surface area contributed by atoms with Gasteiger partial charge in [0, 0.05) is 17.1 Å². The highest BCUT2D eigenvalue weighted by Crippen LogP contribution is 2.61. The summed E-state index contributed by atoms with van der Waals surface area (Å²) in [6, 6.07) is 46.6. The zero-order valence-electron chi connectivity index (χ0n) is 27.8. The Bertz CT molecular complexity index is 2800. The zero-order valence-corrected chi connectivity index (χ0v) is 27.8. The van der Waals surface area contributed by atoms with Gasteiger partial charge in [-0.2, -0.15) is 0 Å². The average molecular weight is 631 g/mol. The van der Waals surface area contributed by atoms with Gasteiger partial charge in [0.1, 0.15) is 11.6 Å². The molecule has 0 bridgehead atoms. The summed E-state index contributed by atoms with van der Waals surface area (Å²) in [6.07, 6.45) is 3.40. The highest BCUT2D eigenvalue weighted by atomic mass is 15.2. The molecule has 0 spiro atoms. The van der Waals surface area contributed by atoms with Gasteiger partial charge in [0.15, 0.2) is 0 Å². The van der Waals surface area contributed by atoms with E-state index in [1.54, 1.807) is 0 Å². The Kier molecular flexibility index (Phi) is 5.13. The number of fused-ring (bicyclic) bond motifs is 11. The van der Waals surface area contributed by atoms with Crippen molar-refractivity contribution in [2.24, 2.45) is 5.92 Å². The van der Waals surface area contributed by atoms with Crippen molar-refractivity contribution in [2.45, 2.75) is 38.3 Å². The minimum atomic E-state index is -0.471. The predicted octanol–water partition coefficient (Wildman–Crippen LogP) is 10.4. The van der Waals surface area contributed by atoms with Gasteiger partial charge < -0.3 is 9.13 Å². The van der Waals surface area contributed by atoms with Gasteiger partial charge in [0.05, 0.1) is 33.1 Å². The van der Waals surface area contributed by atoms with Gasteiger partial charge in [-0.15, -0.1) is 0 Å². The summed E-state index contributed by atoms with van der Waals surface area (Å²) in [7, 11) is 0. The second kappa shape index (κ2) is 9.24. The van der Waals surface area contributed by atoms with Crippen molar-refractivity contribution in [3.63, 3.8) is 0 Å². The van der Waals surface area contributed by atoms with Gasteiger partial charge in [0.2, 0.25) is 0 Å². The van der Waals surface area contributed by atoms with E-state index in [9.17, 15) is 0 Å². The molecule has 49 heavy (non-hydrogen) atoms. The number of benzene rings is 6. The van der Waals surface area contributed by atoms with Crippen LogP contribution in [0.3, 0.4) is 0 Å². The highest BCUT2D eigenvalue weighted by Gasteiger charge is 2.55. The zero-order chi connectivity index (χ0) is 32.6. The maximum absolute atomic E-state index is 5.44. The Hall–Kier alpha value is -5.74. The van der Waals surface area contributed by atoms with Crippen LogP contribution in [0.1, 0.15) is 48.6 Å². The topological polar surface area (TPSA) is 35.6 Å². The molecule has 3 atom stereocenters. The molecular weight excluding hydrogens is 597 g/mol. The van der Waals surface area contributed by atoms with Crippen molar-refractivity contribution < 1.29 is 0 Å². The SMILES string of the molecule is Cc1ccc2nc3n(c2c1)C(C)(c1cccc2ccccc12)C1=C3CC2C(=C1)c1nc3ccccc3n1C2(C)c1cccc2ccccc12. The summed E-state index contributed by atoms with van der Waals surface area (Å²) < 4.78 is 5.11. The van der Waals surface area contributed by atoms with Gasteiger partial charge in [-0.25, -0.2) is 9.97 Å². The van der Waals surface area contributed by atoms with E-state index in [0.717, 1.165) is 29.1 Å². The van der Waals surface area contributed by atoms with E-state index in [-0.39, 0.29) is 11.5 Å². The van der Waals surface area contributed by atoms with Gasteiger partial charge in [-0.3, -0.25) is 0 Å². The molecule has 4 heteroatoms. The molecule has 3 unspecified atom stereocenters. The Morgan fingerprint density at radius 2 is 1.24 bits per heavy atom. The molecule has 0 radical (unpaired) electrons. The van der Waals surface area contributed by atoms with E-state index >= 15 is 0 Å². The third-order valence-electron chi connectivity index (χ3n) is 12.1. The molecule has 6 aromatic carbocycles. The molecule has 0 N–H and O–H groups in total. The number of nitrogens with zero attached hydrogens (tertiary/aromatic N) is 4. The summed E-state index contributed by atoms with van der Waals surface area (Å²) in [4.78, 5) is 10.9. The number of aromatic nitrogens is 4. The number of imidazole rings is 2. The Balaban J connectivity index is 1.24. The molecule has 4 heterocycles. The molecule has 11 rings (SSSR count). The van der Waals surface area contributed by atoms with E-state index in [4.69, 9.17) is 9.97 Å². The molecule has 0 fully saturated rings. The first-order valence-electron chi connectivity index (χ1n) is 17.4. The lowest BCUT2D eigenvalue weighted by Crippen LogP contribution is -2.36. The molecule has 0 amide bonds. The van der Waals surface area contributed by atoms with E-state index in [1.165, 1.54) is 66.0 Å². The second-order valence-corrected chi connectivity index (χ2v) is 14.5. The van der Waals surface area contributed by atoms with E-state index in [1.807, 2.05) is 0 Å². The summed E-state index contributed by atoms with van der Waals surface area (Å²) in [5, 5.41) is 5.10. The molecule has 3 aliphatic rings. The van der Waals surface area contributed by atoms with E-state index in [2.05, 4.69) is 163 Å². The van der Waals surface area contributed by atoms with Crippen LogP contribution >= 0.6 is 0 Å². The first-order valence-corrected chi connectivity index (χ1v) is 17.4. The van der Waals surface area contributed by atoms with Crippen LogP contribution in [0, 0.1) is 12.8 Å². The van der Waals surface area contributed by atoms with Crippen molar-refractivity contribution in [1.29, 1.82) is 0 Å². The summed E-state index contributed by atoms with van der Waals surface area (Å²) >= 11 is 0. The highest BCUT2D eigenvalue weighted by molar-refractivity contribution is 5.97. The first kappa shape index (κ1) is 27.2. The molecule has 0 saturated carbocycles. The quantitative estimate of drug-likeness (QED) is 0.191. The molecule has 0 saturated heterocycles. The molecule has 2 aliphatic heterocycles. The lowest BCUT2D eigenvalue weighted by molar-refractivity contribution is 0.341. The number of hydrogen-bond acceptors (Lipinski definition) is 2. The Morgan fingerprint density at radius 1 is 0.612 bits per heavy atom. The lowest BCUT2D eigenvalue weighted by Gasteiger charge is -2.38. The third kappa shape index (κ3) is 3.29. The standard InChI is InChI=1S/C45H34N4/c1-27-22-23-39-41(24-27)49-43(47-39)33-26-36-32(25-37(33)45(49,3)35-19-11-15-29-13-5-7-17-31(29)35)42-46-38-20-8-9-21-40(38)48(42)44(36,2)34-18-10-14-28-12-4-6-16-30(28)34/h4-25,36H,26H2,1-3H3. The van der Waals surface area contributed by atoms with Crippen LogP contribution in [-0.4, -0.2) is 19.1 Å². The van der Waals surface area contributed by atoms with Gasteiger partial charge >= 0.3 is 0 Å². The number of hydrogen-bond donors (Lipinski definition) is 0. The van der Waals surface area contributed by atoms with Crippen molar-refractivity contribution in [1.82, 2.24) is 19.1 Å². The minimum Gasteiger partial charge on any atom is -0.313 e. The van der Waals surface area contributed by atoms with Crippen LogP contribution in [0.2, 0.25) is 0 Å². The predicted molar refractivity (Wildman–Crippen MR) is 201 cm³/mol. The van der Waals surface area contributed by atoms with Crippen LogP contribution in [-0.2, 0) is 11.1 Å². The number of allylic oxidation sites excluding steroid dienone is 4. The molecule has 2 aromatic heterocycles. The number of rotatable bonds is 2. The van der Waals surface area contributed by atoms with E-state index in [0.29, 0.717) is 0 Å². The van der Waals surface area contributed by atoms with Crippen LogP contribution in [0.5, 0.6) is 0 Å². The van der Waals surface area contributed by atoms with Crippen molar-refractivity contribution >= 4 is 54.8 Å². The second-order valence-electron chi connectivity index (χ2n) is 14.5. The average Bonchev–Trinajstić information content (AvgIpc) is 3.84. The monoisotopic (exact) mass is 630 g/mol. The summed E-state index contributed by atoms with van der Waals surface area (Å²) in [5.74, 6) is 2.35. The number of aryl methyl sites for hydroxylation is 1. The summed E-state index contributed by atoms with van der Waals surface area (Å²) in [5.41, 5.74) is 11.5. The molecule has 234 valence electrons. The molecule has 4 nitrogen and oxygen atoms in total. The Labute approximate surface area is 284 Å². The van der Waals surface area contributed by atoms with Crippen molar-refractivity contribution in [3.8, 4) is 0 Å². The van der Waals surface area contributed by atoms with E-state index < -0.39 is 5.54 Å². The smallest absolute Gasteiger partial charge is 0.138 e. The van der Waals surface area contributed by atoms with Crippen molar-refractivity contribution in [3.05, 3.63) is 167 Å². The van der Waals surface area contributed by atoms with Gasteiger partial charge in [-0.1, -0.05) is 103 Å². The largest absolute Gasteiger partial charge is 0.313 e. The van der Waals surface area contributed by atoms with Crippen LogP contribution in [0.4, 0.5) is 0 Å². The fourth-order valence-corrected chi connectivity index (χ4v) is 9.83. The van der Waals surface area contributed by atoms with Crippen LogP contribution < -0.4 is 0 Å².